The average Bonchev–Trinajstić information content (AvgIpc) is 2.01. The third-order valence-electron chi connectivity index (χ3n) is 1.28. The topological polar surface area (TPSA) is 175 Å². The molecule has 0 amide bonds. The van der Waals surface area contributed by atoms with E-state index in [1.54, 1.807) is 0 Å². The Kier molecular flexibility index (Phi) is 19.5. The molecular formula is C7H8Na2O9. The zero-order valence-corrected chi connectivity index (χ0v) is 13.8. The third kappa shape index (κ3) is 13.9. The standard InChI is InChI=1S/C6H8O7.CH2O2.2Na/c7-3(8)1-6(13,5(11)12)2-4(9)10;2-1-3;;/h13H,1-2H2,(H,7,8)(H,9,10)(H,11,12);1H,(H,2,3);;/q;;2*+1/p-2. The first-order valence-electron chi connectivity index (χ1n) is 3.62. The summed E-state index contributed by atoms with van der Waals surface area (Å²) < 4.78 is 0. The Bertz CT molecular complexity index is 275. The number of aliphatic hydroxyl groups is 1. The molecule has 1 unspecified atom stereocenters. The summed E-state index contributed by atoms with van der Waals surface area (Å²) in [6.07, 6.45) is -2.44. The molecule has 0 aromatic carbocycles. The van der Waals surface area contributed by atoms with Crippen molar-refractivity contribution in [3.8, 4) is 0 Å². The first kappa shape index (κ1) is 26.4. The van der Waals surface area contributed by atoms with Gasteiger partial charge in [-0.05, 0) is 0 Å². The molecule has 0 aliphatic heterocycles. The minimum Gasteiger partial charge on any atom is -0.554 e. The molecule has 3 N–H and O–H groups in total. The monoisotopic (exact) mass is 282 g/mol. The molecule has 0 rings (SSSR count). The van der Waals surface area contributed by atoms with E-state index in [2.05, 4.69) is 0 Å². The summed E-state index contributed by atoms with van der Waals surface area (Å²) in [7, 11) is 0. The minimum absolute atomic E-state index is 0. The zero-order valence-electron chi connectivity index (χ0n) is 9.78. The molecule has 0 heterocycles. The van der Waals surface area contributed by atoms with Gasteiger partial charge in [0.1, 0.15) is 0 Å². The Balaban J connectivity index is -0.000000177. The molecule has 0 aromatic rings. The van der Waals surface area contributed by atoms with E-state index in [1.807, 2.05) is 0 Å². The number of hydrogen-bond acceptors (Lipinski definition) is 7. The summed E-state index contributed by atoms with van der Waals surface area (Å²) in [5.41, 5.74) is -2.80. The van der Waals surface area contributed by atoms with Crippen molar-refractivity contribution in [2.75, 3.05) is 0 Å². The van der Waals surface area contributed by atoms with Crippen LogP contribution in [0.25, 0.3) is 0 Å². The molecular weight excluding hydrogens is 274 g/mol. The smallest absolute Gasteiger partial charge is 0.554 e. The second-order valence-electron chi connectivity index (χ2n) is 2.55. The van der Waals surface area contributed by atoms with Crippen LogP contribution in [0.5, 0.6) is 0 Å². The van der Waals surface area contributed by atoms with Gasteiger partial charge >= 0.3 is 71.1 Å². The van der Waals surface area contributed by atoms with Crippen molar-refractivity contribution in [2.45, 2.75) is 18.4 Å². The van der Waals surface area contributed by atoms with Crippen molar-refractivity contribution in [1.82, 2.24) is 0 Å². The Morgan fingerprint density at radius 3 is 1.61 bits per heavy atom. The van der Waals surface area contributed by atoms with E-state index in [0.29, 0.717) is 0 Å². The van der Waals surface area contributed by atoms with Crippen LogP contribution in [0.15, 0.2) is 0 Å². The van der Waals surface area contributed by atoms with E-state index >= 15 is 0 Å². The fourth-order valence-corrected chi connectivity index (χ4v) is 0.703. The second kappa shape index (κ2) is 13.3. The van der Waals surface area contributed by atoms with Crippen LogP contribution in [0.3, 0.4) is 0 Å². The zero-order chi connectivity index (χ0) is 13.4. The maximum atomic E-state index is 10.3. The van der Waals surface area contributed by atoms with Crippen LogP contribution >= 0.6 is 0 Å². The number of carbonyl (C=O) groups excluding carboxylic acids is 2. The number of hydrogen-bond donors (Lipinski definition) is 3. The van der Waals surface area contributed by atoms with Gasteiger partial charge in [0.25, 0.3) is 0 Å². The summed E-state index contributed by atoms with van der Waals surface area (Å²) in [5.74, 6) is -5.34. The summed E-state index contributed by atoms with van der Waals surface area (Å²) in [6, 6.07) is 0. The molecule has 0 aromatic heterocycles. The molecule has 0 bridgehead atoms. The first-order chi connectivity index (χ1) is 7.19. The summed E-state index contributed by atoms with van der Waals surface area (Å²) in [5, 5.41) is 43.8. The van der Waals surface area contributed by atoms with Crippen LogP contribution in [0, 0.1) is 0 Å². The van der Waals surface area contributed by atoms with E-state index in [1.165, 1.54) is 0 Å². The van der Waals surface area contributed by atoms with Crippen molar-refractivity contribution >= 4 is 24.4 Å². The van der Waals surface area contributed by atoms with Gasteiger partial charge in [-0.25, -0.2) is 4.79 Å². The van der Waals surface area contributed by atoms with Gasteiger partial charge in [-0.2, -0.15) is 0 Å². The molecule has 0 fully saturated rings. The Labute approximate surface area is 145 Å². The Morgan fingerprint density at radius 1 is 1.11 bits per heavy atom. The molecule has 11 heteroatoms. The molecule has 0 radical (unpaired) electrons. The van der Waals surface area contributed by atoms with Gasteiger partial charge in [-0.15, -0.1) is 0 Å². The Hall–Kier alpha value is -0.160. The molecule has 0 aliphatic rings. The summed E-state index contributed by atoms with van der Waals surface area (Å²) in [4.78, 5) is 38.6. The van der Waals surface area contributed by atoms with Crippen LogP contribution in [0.4, 0.5) is 0 Å². The summed E-state index contributed by atoms with van der Waals surface area (Å²) >= 11 is 0. The normalized spacial score (nSPS) is 11.2. The van der Waals surface area contributed by atoms with Crippen molar-refractivity contribution < 1.29 is 104 Å². The van der Waals surface area contributed by atoms with Crippen molar-refractivity contribution in [3.63, 3.8) is 0 Å². The maximum absolute atomic E-state index is 10.3. The van der Waals surface area contributed by atoms with Crippen LogP contribution in [-0.2, 0) is 19.2 Å². The number of carboxylic acids is 3. The van der Waals surface area contributed by atoms with Crippen LogP contribution < -0.4 is 69.3 Å². The quantitative estimate of drug-likeness (QED) is 0.326. The predicted molar refractivity (Wildman–Crippen MR) is 40.5 cm³/mol. The SMILES string of the molecule is O=C([O-])CC(O)(CC(=O)O)C(=O)O.O=C[O-].[Na+].[Na+]. The van der Waals surface area contributed by atoms with Crippen LogP contribution in [0.1, 0.15) is 12.8 Å². The Morgan fingerprint density at radius 2 is 1.44 bits per heavy atom. The largest absolute Gasteiger partial charge is 1.00 e. The van der Waals surface area contributed by atoms with Gasteiger partial charge in [-0.3, -0.25) is 4.79 Å². The molecule has 92 valence electrons. The number of carboxylic acid groups (broad SMARTS) is 4. The maximum Gasteiger partial charge on any atom is 1.00 e. The van der Waals surface area contributed by atoms with E-state index in [9.17, 15) is 19.5 Å². The van der Waals surface area contributed by atoms with Crippen LogP contribution in [0.2, 0.25) is 0 Å². The average molecular weight is 282 g/mol. The predicted octanol–water partition coefficient (Wildman–Crippen LogP) is -10.2. The van der Waals surface area contributed by atoms with Gasteiger partial charge in [-0.1, -0.05) is 0 Å². The van der Waals surface area contributed by atoms with Gasteiger partial charge in [0.2, 0.25) is 0 Å². The molecule has 0 spiro atoms. The molecule has 0 aliphatic carbocycles. The van der Waals surface area contributed by atoms with E-state index in [-0.39, 0.29) is 59.1 Å². The summed E-state index contributed by atoms with van der Waals surface area (Å²) in [6.45, 7) is -0.500. The molecule has 1 atom stereocenters. The van der Waals surface area contributed by atoms with E-state index in [4.69, 9.17) is 25.2 Å². The van der Waals surface area contributed by atoms with E-state index in [0.717, 1.165) is 0 Å². The van der Waals surface area contributed by atoms with Gasteiger partial charge in [0.05, 0.1) is 6.42 Å². The van der Waals surface area contributed by atoms with Gasteiger partial charge in [0.15, 0.2) is 5.60 Å². The number of carbonyl (C=O) groups is 4. The third-order valence-corrected chi connectivity index (χ3v) is 1.28. The number of rotatable bonds is 5. The van der Waals surface area contributed by atoms with Gasteiger partial charge < -0.3 is 35.1 Å². The molecule has 0 saturated carbocycles. The van der Waals surface area contributed by atoms with Crippen molar-refractivity contribution in [1.29, 1.82) is 0 Å². The minimum atomic E-state index is -2.80. The number of aliphatic carboxylic acids is 3. The molecule has 0 saturated heterocycles. The fraction of sp³-hybridized carbons (Fsp3) is 0.429. The molecule has 9 nitrogen and oxygen atoms in total. The van der Waals surface area contributed by atoms with Gasteiger partial charge in [0, 0.05) is 18.9 Å². The van der Waals surface area contributed by atoms with Crippen LogP contribution in [-0.4, -0.2) is 45.3 Å². The van der Waals surface area contributed by atoms with Crippen molar-refractivity contribution in [2.24, 2.45) is 0 Å². The second-order valence-corrected chi connectivity index (χ2v) is 2.55. The fourth-order valence-electron chi connectivity index (χ4n) is 0.703. The molecule has 18 heavy (non-hydrogen) atoms. The first-order valence-corrected chi connectivity index (χ1v) is 3.62. The van der Waals surface area contributed by atoms with E-state index < -0.39 is 42.8 Å². The van der Waals surface area contributed by atoms with Crippen molar-refractivity contribution in [3.05, 3.63) is 0 Å².